The second kappa shape index (κ2) is 5.56. The molecule has 1 rings (SSSR count). The van der Waals surface area contributed by atoms with Crippen molar-refractivity contribution in [2.75, 3.05) is 0 Å². The molecule has 0 atom stereocenters. The number of carboxylic acids is 1. The van der Waals surface area contributed by atoms with Gasteiger partial charge in [0.1, 0.15) is 0 Å². The zero-order valence-electron chi connectivity index (χ0n) is 8.66. The fourth-order valence-electron chi connectivity index (χ4n) is 1.18. The maximum atomic E-state index is 10.5. The van der Waals surface area contributed by atoms with Crippen molar-refractivity contribution in [1.82, 2.24) is 0 Å². The Labute approximate surface area is 102 Å². The molecule has 15 heavy (non-hydrogen) atoms. The van der Waals surface area contributed by atoms with E-state index in [4.69, 9.17) is 5.11 Å². The molecular weight excluding hydrogens is 276 g/mol. The molecule has 4 heteroatoms. The molecule has 0 amide bonds. The molecule has 2 nitrogen and oxygen atoms in total. The van der Waals surface area contributed by atoms with Crippen LogP contribution in [0.3, 0.4) is 0 Å². The van der Waals surface area contributed by atoms with E-state index in [-0.39, 0.29) is 6.42 Å². The summed E-state index contributed by atoms with van der Waals surface area (Å²) in [6.45, 7) is 4.25. The summed E-state index contributed by atoms with van der Waals surface area (Å²) in [5.74, 6) is -0.800. The van der Waals surface area contributed by atoms with Crippen molar-refractivity contribution < 1.29 is 9.90 Å². The topological polar surface area (TPSA) is 37.3 Å². The minimum Gasteiger partial charge on any atom is -0.481 e. The van der Waals surface area contributed by atoms with Crippen LogP contribution in [0.4, 0.5) is 0 Å². The van der Waals surface area contributed by atoms with E-state index in [0.29, 0.717) is 5.25 Å². The molecule has 0 aliphatic heterocycles. The molecule has 0 aliphatic rings. The van der Waals surface area contributed by atoms with Crippen LogP contribution < -0.4 is 0 Å². The van der Waals surface area contributed by atoms with Crippen LogP contribution in [0.5, 0.6) is 0 Å². The van der Waals surface area contributed by atoms with E-state index < -0.39 is 5.97 Å². The van der Waals surface area contributed by atoms with Crippen LogP contribution in [0.1, 0.15) is 19.4 Å². The summed E-state index contributed by atoms with van der Waals surface area (Å²) in [4.78, 5) is 11.7. The Hall–Kier alpha value is -0.480. The lowest BCUT2D eigenvalue weighted by Gasteiger charge is -2.08. The summed E-state index contributed by atoms with van der Waals surface area (Å²) in [5, 5.41) is 9.17. The molecule has 0 radical (unpaired) electrons. The third-order valence-corrected chi connectivity index (χ3v) is 3.71. The van der Waals surface area contributed by atoms with Gasteiger partial charge in [-0.2, -0.15) is 0 Å². The minimum absolute atomic E-state index is 0.0746. The molecule has 0 spiro atoms. The van der Waals surface area contributed by atoms with Crippen molar-refractivity contribution >= 4 is 33.7 Å². The number of carbonyl (C=O) groups is 1. The Balaban J connectivity index is 2.83. The van der Waals surface area contributed by atoms with E-state index in [9.17, 15) is 4.79 Å². The Morgan fingerprint density at radius 1 is 1.53 bits per heavy atom. The predicted molar refractivity (Wildman–Crippen MR) is 66.5 cm³/mol. The van der Waals surface area contributed by atoms with Gasteiger partial charge in [-0.3, -0.25) is 4.79 Å². The number of halogens is 1. The molecule has 1 aromatic carbocycles. The summed E-state index contributed by atoms with van der Waals surface area (Å²) >= 11 is 5.21. The SMILES string of the molecule is CC(C)Sc1ccc(CC(=O)O)cc1Br. The number of benzene rings is 1. The maximum absolute atomic E-state index is 10.5. The summed E-state index contributed by atoms with van der Waals surface area (Å²) in [6.07, 6.45) is 0.0746. The van der Waals surface area contributed by atoms with Crippen LogP contribution in [0.25, 0.3) is 0 Å². The lowest BCUT2D eigenvalue weighted by atomic mass is 10.2. The first-order valence-corrected chi connectivity index (χ1v) is 6.33. The lowest BCUT2D eigenvalue weighted by Crippen LogP contribution is -2.00. The normalized spacial score (nSPS) is 10.7. The van der Waals surface area contributed by atoms with Gasteiger partial charge in [-0.1, -0.05) is 19.9 Å². The second-order valence-electron chi connectivity index (χ2n) is 3.50. The van der Waals surface area contributed by atoms with E-state index in [1.54, 1.807) is 11.8 Å². The van der Waals surface area contributed by atoms with E-state index in [1.807, 2.05) is 18.2 Å². The van der Waals surface area contributed by atoms with E-state index >= 15 is 0 Å². The van der Waals surface area contributed by atoms with Gasteiger partial charge in [0, 0.05) is 14.6 Å². The molecule has 0 saturated heterocycles. The highest BCUT2D eigenvalue weighted by Crippen LogP contribution is 2.31. The highest BCUT2D eigenvalue weighted by Gasteiger charge is 2.06. The van der Waals surface area contributed by atoms with Gasteiger partial charge in [0.2, 0.25) is 0 Å². The zero-order valence-corrected chi connectivity index (χ0v) is 11.1. The summed E-state index contributed by atoms with van der Waals surface area (Å²) < 4.78 is 0.972. The summed E-state index contributed by atoms with van der Waals surface area (Å²) in [7, 11) is 0. The monoisotopic (exact) mass is 288 g/mol. The largest absolute Gasteiger partial charge is 0.481 e. The Bertz CT molecular complexity index is 364. The second-order valence-corrected chi connectivity index (χ2v) is 5.97. The van der Waals surface area contributed by atoms with Gasteiger partial charge in [-0.15, -0.1) is 11.8 Å². The fourth-order valence-corrected chi connectivity index (χ4v) is 2.71. The van der Waals surface area contributed by atoms with Crippen LogP contribution in [-0.4, -0.2) is 16.3 Å². The van der Waals surface area contributed by atoms with E-state index in [2.05, 4.69) is 29.8 Å². The molecule has 1 aromatic rings. The van der Waals surface area contributed by atoms with Gasteiger partial charge in [-0.05, 0) is 33.6 Å². The van der Waals surface area contributed by atoms with Gasteiger partial charge < -0.3 is 5.11 Å². The van der Waals surface area contributed by atoms with Crippen molar-refractivity contribution in [3.63, 3.8) is 0 Å². The Morgan fingerprint density at radius 3 is 2.67 bits per heavy atom. The average Bonchev–Trinajstić information content (AvgIpc) is 2.08. The molecular formula is C11H13BrO2S. The number of thioether (sulfide) groups is 1. The van der Waals surface area contributed by atoms with E-state index in [0.717, 1.165) is 14.9 Å². The van der Waals surface area contributed by atoms with Crippen molar-refractivity contribution in [2.24, 2.45) is 0 Å². The zero-order chi connectivity index (χ0) is 11.4. The summed E-state index contributed by atoms with van der Waals surface area (Å²) in [6, 6.07) is 5.70. The number of rotatable bonds is 4. The van der Waals surface area contributed by atoms with Crippen molar-refractivity contribution in [3.05, 3.63) is 28.2 Å². The predicted octanol–water partition coefficient (Wildman–Crippen LogP) is 3.58. The maximum Gasteiger partial charge on any atom is 0.307 e. The molecule has 0 unspecified atom stereocenters. The van der Waals surface area contributed by atoms with Crippen LogP contribution in [0, 0.1) is 0 Å². The molecule has 0 saturated carbocycles. The number of aliphatic carboxylic acids is 1. The van der Waals surface area contributed by atoms with Crippen molar-refractivity contribution in [2.45, 2.75) is 30.4 Å². The van der Waals surface area contributed by atoms with Gasteiger partial charge in [-0.25, -0.2) is 0 Å². The van der Waals surface area contributed by atoms with E-state index in [1.165, 1.54) is 0 Å². The molecule has 0 aliphatic carbocycles. The molecule has 0 heterocycles. The van der Waals surface area contributed by atoms with Gasteiger partial charge in [0.15, 0.2) is 0 Å². The van der Waals surface area contributed by atoms with Gasteiger partial charge in [0.25, 0.3) is 0 Å². The van der Waals surface area contributed by atoms with Crippen molar-refractivity contribution in [1.29, 1.82) is 0 Å². The molecule has 1 N–H and O–H groups in total. The Morgan fingerprint density at radius 2 is 2.20 bits per heavy atom. The molecule has 82 valence electrons. The third kappa shape index (κ3) is 4.26. The summed E-state index contributed by atoms with van der Waals surface area (Å²) in [5.41, 5.74) is 0.822. The first-order valence-electron chi connectivity index (χ1n) is 4.66. The van der Waals surface area contributed by atoms with Crippen LogP contribution >= 0.6 is 27.7 Å². The smallest absolute Gasteiger partial charge is 0.307 e. The molecule has 0 fully saturated rings. The van der Waals surface area contributed by atoms with Gasteiger partial charge >= 0.3 is 5.97 Å². The quantitative estimate of drug-likeness (QED) is 0.861. The van der Waals surface area contributed by atoms with Crippen molar-refractivity contribution in [3.8, 4) is 0 Å². The number of hydrogen-bond acceptors (Lipinski definition) is 2. The van der Waals surface area contributed by atoms with Crippen LogP contribution in [0.2, 0.25) is 0 Å². The standard InChI is InChI=1S/C11H13BrO2S/c1-7(2)15-10-4-3-8(5-9(10)12)6-11(13)14/h3-5,7H,6H2,1-2H3,(H,13,14). The first-order chi connectivity index (χ1) is 6.99. The van der Waals surface area contributed by atoms with Crippen LogP contribution in [0.15, 0.2) is 27.6 Å². The number of hydrogen-bond donors (Lipinski definition) is 1. The highest BCUT2D eigenvalue weighted by molar-refractivity contribution is 9.10. The minimum atomic E-state index is -0.800. The highest BCUT2D eigenvalue weighted by atomic mass is 79.9. The average molecular weight is 289 g/mol. The van der Waals surface area contributed by atoms with Gasteiger partial charge in [0.05, 0.1) is 6.42 Å². The lowest BCUT2D eigenvalue weighted by molar-refractivity contribution is -0.136. The first kappa shape index (κ1) is 12.6. The third-order valence-electron chi connectivity index (χ3n) is 1.71. The van der Waals surface area contributed by atoms with Crippen LogP contribution in [-0.2, 0) is 11.2 Å². The fraction of sp³-hybridized carbons (Fsp3) is 0.364. The number of carboxylic acid groups (broad SMARTS) is 1. The Kier molecular flexibility index (Phi) is 4.67. The molecule has 0 aromatic heterocycles. The molecule has 0 bridgehead atoms.